The van der Waals surface area contributed by atoms with E-state index in [0.29, 0.717) is 6.54 Å². The van der Waals surface area contributed by atoms with Gasteiger partial charge in [-0.2, -0.15) is 0 Å². The summed E-state index contributed by atoms with van der Waals surface area (Å²) in [5, 5.41) is 0. The van der Waals surface area contributed by atoms with Crippen LogP contribution in [0.4, 0.5) is 0 Å². The van der Waals surface area contributed by atoms with Gasteiger partial charge in [0.05, 0.1) is 6.54 Å². The van der Waals surface area contributed by atoms with Crippen LogP contribution in [-0.2, 0) is 0 Å². The van der Waals surface area contributed by atoms with E-state index in [9.17, 15) is 0 Å². The molecule has 0 amide bonds. The fraction of sp³-hybridized carbons (Fsp3) is 0.111. The zero-order valence-corrected chi connectivity index (χ0v) is 8.13. The molecule has 1 aromatic rings. The summed E-state index contributed by atoms with van der Waals surface area (Å²) < 4.78 is 1.17. The van der Waals surface area contributed by atoms with Crippen molar-refractivity contribution in [3.63, 3.8) is 0 Å². The molecule has 0 spiro atoms. The molecule has 0 saturated heterocycles. The lowest BCUT2D eigenvalue weighted by Crippen LogP contribution is -1.93. The van der Waals surface area contributed by atoms with Gasteiger partial charge in [-0.15, -0.1) is 0 Å². The lowest BCUT2D eigenvalue weighted by atomic mass is 10.2. The third kappa shape index (κ3) is 2.52. The topological polar surface area (TPSA) is 26.0 Å². The van der Waals surface area contributed by atoms with Gasteiger partial charge in [-0.3, -0.25) is 0 Å². The lowest BCUT2D eigenvalue weighted by molar-refractivity contribution is 1.30. The van der Waals surface area contributed by atoms with Crippen LogP contribution in [0.5, 0.6) is 0 Å². The fourth-order valence-electron chi connectivity index (χ4n) is 0.709. The summed E-state index contributed by atoms with van der Waals surface area (Å²) in [5.74, 6) is 5.81. The van der Waals surface area contributed by atoms with Gasteiger partial charge < -0.3 is 5.73 Å². The van der Waals surface area contributed by atoms with E-state index in [1.165, 1.54) is 3.57 Å². The molecule has 1 aromatic carbocycles. The van der Waals surface area contributed by atoms with Crippen molar-refractivity contribution in [1.29, 1.82) is 0 Å². The van der Waals surface area contributed by atoms with Gasteiger partial charge in [0.1, 0.15) is 0 Å². The molecule has 0 aromatic heterocycles. The van der Waals surface area contributed by atoms with Gasteiger partial charge in [0.2, 0.25) is 0 Å². The predicted octanol–water partition coefficient (Wildman–Crippen LogP) is 1.60. The average Bonchev–Trinajstić information content (AvgIpc) is 2.03. The Hall–Kier alpha value is -0.530. The van der Waals surface area contributed by atoms with E-state index in [2.05, 4.69) is 34.4 Å². The summed E-state index contributed by atoms with van der Waals surface area (Å²) in [7, 11) is 0. The van der Waals surface area contributed by atoms with Gasteiger partial charge in [0, 0.05) is 9.13 Å². The Morgan fingerprint density at radius 1 is 1.36 bits per heavy atom. The lowest BCUT2D eigenvalue weighted by Gasteiger charge is -1.92. The first kappa shape index (κ1) is 8.57. The molecule has 0 atom stereocenters. The van der Waals surface area contributed by atoms with Crippen LogP contribution in [0.25, 0.3) is 0 Å². The summed E-state index contributed by atoms with van der Waals surface area (Å²) in [5.41, 5.74) is 6.30. The van der Waals surface area contributed by atoms with Crippen LogP contribution in [0.1, 0.15) is 5.56 Å². The Labute approximate surface area is 80.1 Å². The highest BCUT2D eigenvalue weighted by molar-refractivity contribution is 14.1. The first-order chi connectivity index (χ1) is 5.34. The largest absolute Gasteiger partial charge is 0.320 e. The molecule has 2 heteroatoms. The third-order valence-electron chi connectivity index (χ3n) is 1.20. The van der Waals surface area contributed by atoms with Crippen LogP contribution in [-0.4, -0.2) is 6.54 Å². The van der Waals surface area contributed by atoms with Crippen molar-refractivity contribution in [3.8, 4) is 11.8 Å². The first-order valence-corrected chi connectivity index (χ1v) is 4.36. The highest BCUT2D eigenvalue weighted by Crippen LogP contribution is 2.09. The van der Waals surface area contributed by atoms with Crippen LogP contribution >= 0.6 is 22.6 Å². The average molecular weight is 257 g/mol. The molecule has 0 aliphatic heterocycles. The van der Waals surface area contributed by atoms with Gasteiger partial charge in [0.15, 0.2) is 0 Å². The molecule has 0 fully saturated rings. The molecule has 0 radical (unpaired) electrons. The minimum absolute atomic E-state index is 0.422. The monoisotopic (exact) mass is 257 g/mol. The molecule has 0 aliphatic rings. The summed E-state index contributed by atoms with van der Waals surface area (Å²) in [6.07, 6.45) is 0. The molecular formula is C9H8IN. The highest BCUT2D eigenvalue weighted by Gasteiger charge is 1.90. The second-order valence-electron chi connectivity index (χ2n) is 1.99. The number of nitrogens with two attached hydrogens (primary N) is 1. The second kappa shape index (κ2) is 4.37. The summed E-state index contributed by atoms with van der Waals surface area (Å²) in [6, 6.07) is 7.99. The van der Waals surface area contributed by atoms with Crippen molar-refractivity contribution in [2.24, 2.45) is 5.73 Å². The van der Waals surface area contributed by atoms with Crippen LogP contribution < -0.4 is 5.73 Å². The molecule has 0 unspecified atom stereocenters. The van der Waals surface area contributed by atoms with Crippen molar-refractivity contribution < 1.29 is 0 Å². The van der Waals surface area contributed by atoms with Crippen LogP contribution in [0.2, 0.25) is 0 Å². The predicted molar refractivity (Wildman–Crippen MR) is 55.1 cm³/mol. The van der Waals surface area contributed by atoms with Crippen molar-refractivity contribution in [2.75, 3.05) is 6.54 Å². The summed E-state index contributed by atoms with van der Waals surface area (Å²) in [4.78, 5) is 0. The van der Waals surface area contributed by atoms with E-state index in [0.717, 1.165) is 5.56 Å². The Morgan fingerprint density at radius 2 is 2.09 bits per heavy atom. The van der Waals surface area contributed by atoms with Gasteiger partial charge in [0.25, 0.3) is 0 Å². The van der Waals surface area contributed by atoms with E-state index >= 15 is 0 Å². The maximum Gasteiger partial charge on any atom is 0.0555 e. The number of rotatable bonds is 0. The quantitative estimate of drug-likeness (QED) is 0.554. The van der Waals surface area contributed by atoms with E-state index in [-0.39, 0.29) is 0 Å². The number of hydrogen-bond acceptors (Lipinski definition) is 1. The van der Waals surface area contributed by atoms with E-state index in [4.69, 9.17) is 5.73 Å². The molecule has 56 valence electrons. The fourth-order valence-corrected chi connectivity index (χ4v) is 1.23. The third-order valence-corrected chi connectivity index (χ3v) is 2.14. The summed E-state index contributed by atoms with van der Waals surface area (Å²) in [6.45, 7) is 0.422. The minimum atomic E-state index is 0.422. The molecule has 1 nitrogen and oxygen atoms in total. The van der Waals surface area contributed by atoms with Crippen molar-refractivity contribution in [3.05, 3.63) is 33.4 Å². The van der Waals surface area contributed by atoms with Crippen LogP contribution in [0, 0.1) is 15.4 Å². The van der Waals surface area contributed by atoms with Crippen molar-refractivity contribution in [2.45, 2.75) is 0 Å². The molecule has 11 heavy (non-hydrogen) atoms. The van der Waals surface area contributed by atoms with Crippen molar-refractivity contribution in [1.82, 2.24) is 0 Å². The smallest absolute Gasteiger partial charge is 0.0555 e. The molecule has 0 aliphatic carbocycles. The van der Waals surface area contributed by atoms with E-state index < -0.39 is 0 Å². The van der Waals surface area contributed by atoms with E-state index in [1.807, 2.05) is 24.3 Å². The molecular weight excluding hydrogens is 249 g/mol. The first-order valence-electron chi connectivity index (χ1n) is 3.28. The Morgan fingerprint density at radius 3 is 2.73 bits per heavy atom. The molecule has 1 rings (SSSR count). The highest BCUT2D eigenvalue weighted by atomic mass is 127. The zero-order valence-electron chi connectivity index (χ0n) is 5.97. The van der Waals surface area contributed by atoms with Gasteiger partial charge in [-0.05, 0) is 34.7 Å². The number of hydrogen-bond donors (Lipinski definition) is 1. The second-order valence-corrected chi connectivity index (χ2v) is 3.15. The van der Waals surface area contributed by atoms with Crippen molar-refractivity contribution >= 4 is 22.6 Å². The van der Waals surface area contributed by atoms with Crippen LogP contribution in [0.15, 0.2) is 24.3 Å². The number of halogens is 1. The van der Waals surface area contributed by atoms with Crippen LogP contribution in [0.3, 0.4) is 0 Å². The summed E-state index contributed by atoms with van der Waals surface area (Å²) >= 11 is 2.26. The van der Waals surface area contributed by atoms with E-state index in [1.54, 1.807) is 0 Å². The standard InChI is InChI=1S/C9H8IN/c10-9-6-2-1-4-8(9)5-3-7-11/h1-2,4,6H,7,11H2. The maximum atomic E-state index is 5.25. The Bertz CT molecular complexity index is 296. The van der Waals surface area contributed by atoms with Gasteiger partial charge in [-0.1, -0.05) is 24.0 Å². The minimum Gasteiger partial charge on any atom is -0.320 e. The Kier molecular flexibility index (Phi) is 3.40. The van der Waals surface area contributed by atoms with Gasteiger partial charge in [-0.25, -0.2) is 0 Å². The SMILES string of the molecule is NCC#Cc1ccccc1I. The Balaban J connectivity index is 2.95. The normalized spacial score (nSPS) is 8.55. The molecule has 0 bridgehead atoms. The molecule has 0 saturated carbocycles. The molecule has 0 heterocycles. The number of benzene rings is 1. The molecule has 2 N–H and O–H groups in total. The zero-order chi connectivity index (χ0) is 8.10. The van der Waals surface area contributed by atoms with Gasteiger partial charge >= 0.3 is 0 Å². The maximum absolute atomic E-state index is 5.25.